The Morgan fingerprint density at radius 3 is 2.61 bits per heavy atom. The normalized spacial score (nSPS) is 21.2. The zero-order chi connectivity index (χ0) is 21.5. The average molecular weight is 411 g/mol. The maximum atomic E-state index is 13.3. The smallest absolute Gasteiger partial charge is 0.257 e. The molecular formula is C27H26N2O2. The number of aromatic hydroxyl groups is 1. The van der Waals surface area contributed by atoms with Crippen LogP contribution in [0.2, 0.25) is 0 Å². The van der Waals surface area contributed by atoms with Gasteiger partial charge in [-0.3, -0.25) is 4.79 Å². The number of carbonyl (C=O) groups is 1. The third-order valence-corrected chi connectivity index (χ3v) is 6.66. The van der Waals surface area contributed by atoms with Gasteiger partial charge < -0.3 is 15.7 Å². The number of allylic oxidation sites excluding steroid dienone is 2. The van der Waals surface area contributed by atoms with E-state index in [1.807, 2.05) is 49.4 Å². The zero-order valence-corrected chi connectivity index (χ0v) is 17.7. The first-order valence-corrected chi connectivity index (χ1v) is 10.7. The molecule has 0 saturated carbocycles. The predicted octanol–water partition coefficient (Wildman–Crippen LogP) is 6.09. The fraction of sp³-hybridized carbons (Fsp3) is 0.222. The summed E-state index contributed by atoms with van der Waals surface area (Å²) in [5, 5.41) is 16.5. The molecule has 1 aliphatic carbocycles. The van der Waals surface area contributed by atoms with Crippen LogP contribution in [0.1, 0.15) is 51.0 Å². The summed E-state index contributed by atoms with van der Waals surface area (Å²) in [5.74, 6) is 0.798. The molecule has 1 aliphatic heterocycles. The van der Waals surface area contributed by atoms with Gasteiger partial charge in [-0.1, -0.05) is 42.5 Å². The van der Waals surface area contributed by atoms with Crippen LogP contribution in [0.3, 0.4) is 0 Å². The highest BCUT2D eigenvalue weighted by Crippen LogP contribution is 2.50. The second-order valence-corrected chi connectivity index (χ2v) is 8.59. The van der Waals surface area contributed by atoms with Gasteiger partial charge in [-0.15, -0.1) is 0 Å². The lowest BCUT2D eigenvalue weighted by atomic mass is 9.76. The summed E-state index contributed by atoms with van der Waals surface area (Å²) in [6.07, 6.45) is 5.49. The van der Waals surface area contributed by atoms with Gasteiger partial charge in [-0.05, 0) is 78.8 Å². The highest BCUT2D eigenvalue weighted by Gasteiger charge is 2.39. The van der Waals surface area contributed by atoms with Crippen molar-refractivity contribution in [2.45, 2.75) is 32.2 Å². The molecule has 3 unspecified atom stereocenters. The Kier molecular flexibility index (Phi) is 4.78. The molecule has 0 saturated heterocycles. The minimum absolute atomic E-state index is 0.0728. The summed E-state index contributed by atoms with van der Waals surface area (Å²) in [5.41, 5.74) is 6.99. The fourth-order valence-corrected chi connectivity index (χ4v) is 4.84. The summed E-state index contributed by atoms with van der Waals surface area (Å²) < 4.78 is 0. The molecule has 0 bridgehead atoms. The molecule has 1 heterocycles. The number of hydrogen-bond acceptors (Lipinski definition) is 3. The largest absolute Gasteiger partial charge is 0.508 e. The molecule has 4 heteroatoms. The number of hydrogen-bond donors (Lipinski definition) is 3. The molecule has 0 spiro atoms. The average Bonchev–Trinajstić information content (AvgIpc) is 3.26. The first-order chi connectivity index (χ1) is 15.0. The van der Waals surface area contributed by atoms with E-state index in [1.165, 1.54) is 11.1 Å². The van der Waals surface area contributed by atoms with E-state index in [0.29, 0.717) is 11.5 Å². The van der Waals surface area contributed by atoms with Gasteiger partial charge in [0.15, 0.2) is 0 Å². The first kappa shape index (κ1) is 19.4. The Bertz CT molecular complexity index is 1180. The van der Waals surface area contributed by atoms with Crippen molar-refractivity contribution < 1.29 is 9.90 Å². The van der Waals surface area contributed by atoms with Crippen molar-refractivity contribution in [1.29, 1.82) is 0 Å². The molecule has 4 nitrogen and oxygen atoms in total. The van der Waals surface area contributed by atoms with E-state index in [0.717, 1.165) is 28.9 Å². The number of benzene rings is 3. The maximum Gasteiger partial charge on any atom is 0.257 e. The number of aryl methyl sites for hydroxylation is 2. The molecule has 156 valence electrons. The van der Waals surface area contributed by atoms with Crippen molar-refractivity contribution in [3.63, 3.8) is 0 Å². The van der Waals surface area contributed by atoms with Crippen LogP contribution in [0.4, 0.5) is 11.4 Å². The highest BCUT2D eigenvalue weighted by atomic mass is 16.3. The molecule has 3 atom stereocenters. The van der Waals surface area contributed by atoms with Crippen LogP contribution < -0.4 is 10.6 Å². The Balaban J connectivity index is 1.51. The van der Waals surface area contributed by atoms with Crippen LogP contribution in [0, 0.1) is 19.8 Å². The van der Waals surface area contributed by atoms with Gasteiger partial charge in [-0.25, -0.2) is 0 Å². The van der Waals surface area contributed by atoms with E-state index in [9.17, 15) is 9.90 Å². The van der Waals surface area contributed by atoms with Crippen molar-refractivity contribution in [2.75, 3.05) is 10.6 Å². The summed E-state index contributed by atoms with van der Waals surface area (Å²) in [4.78, 5) is 13.3. The second-order valence-electron chi connectivity index (χ2n) is 8.59. The highest BCUT2D eigenvalue weighted by molar-refractivity contribution is 6.08. The number of para-hydroxylation sites is 1. The van der Waals surface area contributed by atoms with Crippen LogP contribution in [-0.2, 0) is 0 Å². The molecular weight excluding hydrogens is 384 g/mol. The van der Waals surface area contributed by atoms with E-state index >= 15 is 0 Å². The van der Waals surface area contributed by atoms with Gasteiger partial charge in [0.05, 0.1) is 17.3 Å². The molecule has 3 N–H and O–H groups in total. The van der Waals surface area contributed by atoms with Crippen LogP contribution in [0.25, 0.3) is 0 Å². The minimum atomic E-state index is -0.113. The minimum Gasteiger partial charge on any atom is -0.508 e. The van der Waals surface area contributed by atoms with Crippen molar-refractivity contribution >= 4 is 17.3 Å². The lowest BCUT2D eigenvalue weighted by Crippen LogP contribution is -2.30. The molecule has 5 rings (SSSR count). The van der Waals surface area contributed by atoms with Crippen molar-refractivity contribution in [1.82, 2.24) is 0 Å². The summed E-state index contributed by atoms with van der Waals surface area (Å²) in [7, 11) is 0. The van der Waals surface area contributed by atoms with Crippen LogP contribution >= 0.6 is 0 Å². The van der Waals surface area contributed by atoms with E-state index in [-0.39, 0.29) is 23.6 Å². The molecule has 0 aromatic heterocycles. The Morgan fingerprint density at radius 1 is 1.03 bits per heavy atom. The lowest BCUT2D eigenvalue weighted by molar-refractivity contribution is 0.102. The first-order valence-electron chi connectivity index (χ1n) is 10.7. The molecule has 2 aliphatic rings. The predicted molar refractivity (Wildman–Crippen MR) is 125 cm³/mol. The third-order valence-electron chi connectivity index (χ3n) is 6.66. The second kappa shape index (κ2) is 7.62. The Labute approximate surface area is 182 Å². The van der Waals surface area contributed by atoms with E-state index in [2.05, 4.69) is 35.8 Å². The molecule has 1 amide bonds. The van der Waals surface area contributed by atoms with Crippen molar-refractivity contribution in [3.8, 4) is 5.75 Å². The lowest BCUT2D eigenvalue weighted by Gasteiger charge is -2.38. The summed E-state index contributed by atoms with van der Waals surface area (Å²) in [6.45, 7) is 4.11. The van der Waals surface area contributed by atoms with Crippen LogP contribution in [0.5, 0.6) is 5.75 Å². The van der Waals surface area contributed by atoms with E-state index in [4.69, 9.17) is 0 Å². The topological polar surface area (TPSA) is 61.4 Å². The zero-order valence-electron chi connectivity index (χ0n) is 17.7. The van der Waals surface area contributed by atoms with Crippen molar-refractivity contribution in [3.05, 3.63) is 101 Å². The number of amides is 1. The maximum absolute atomic E-state index is 13.3. The quantitative estimate of drug-likeness (QED) is 0.458. The monoisotopic (exact) mass is 410 g/mol. The number of phenols is 1. The number of fused-ring (bicyclic) bond motifs is 3. The summed E-state index contributed by atoms with van der Waals surface area (Å²) in [6, 6.07) is 19.4. The summed E-state index contributed by atoms with van der Waals surface area (Å²) >= 11 is 0. The SMILES string of the molecule is Cc1ccc(NC(=O)c2cccc3c2NC(c2ccc(O)cc2)C2CC=CC32)cc1C. The van der Waals surface area contributed by atoms with Gasteiger partial charge in [0.2, 0.25) is 0 Å². The molecule has 3 aromatic rings. The van der Waals surface area contributed by atoms with Gasteiger partial charge in [0.1, 0.15) is 5.75 Å². The Hall–Kier alpha value is -3.53. The van der Waals surface area contributed by atoms with Gasteiger partial charge in [0, 0.05) is 11.6 Å². The number of nitrogens with one attached hydrogen (secondary N) is 2. The van der Waals surface area contributed by atoms with E-state index < -0.39 is 0 Å². The molecule has 3 aromatic carbocycles. The molecule has 0 radical (unpaired) electrons. The number of phenolic OH excluding ortho intramolecular Hbond substituents is 1. The number of rotatable bonds is 3. The van der Waals surface area contributed by atoms with Crippen LogP contribution in [-0.4, -0.2) is 11.0 Å². The van der Waals surface area contributed by atoms with Gasteiger partial charge >= 0.3 is 0 Å². The van der Waals surface area contributed by atoms with E-state index in [1.54, 1.807) is 12.1 Å². The molecule has 31 heavy (non-hydrogen) atoms. The Morgan fingerprint density at radius 2 is 1.84 bits per heavy atom. The van der Waals surface area contributed by atoms with Gasteiger partial charge in [-0.2, -0.15) is 0 Å². The molecule has 0 fully saturated rings. The number of anilines is 2. The van der Waals surface area contributed by atoms with Gasteiger partial charge in [0.25, 0.3) is 5.91 Å². The number of carbonyl (C=O) groups excluding carboxylic acids is 1. The van der Waals surface area contributed by atoms with Crippen LogP contribution in [0.15, 0.2) is 72.8 Å². The third kappa shape index (κ3) is 3.48. The standard InChI is InChI=1S/C27H26N2O2/c1-16-9-12-19(15-17(16)2)28-27(31)24-8-4-7-23-21-5-3-6-22(21)25(29-26(23)24)18-10-13-20(30)14-11-18/h3-5,7-15,21-22,25,29-30H,6H2,1-2H3,(H,28,31). The van der Waals surface area contributed by atoms with Crippen molar-refractivity contribution in [2.24, 2.45) is 5.92 Å². The fourth-order valence-electron chi connectivity index (χ4n) is 4.84.